The molecule has 1 aromatic carbocycles. The Morgan fingerprint density at radius 3 is 2.62 bits per heavy atom. The van der Waals surface area contributed by atoms with Crippen molar-refractivity contribution in [3.63, 3.8) is 0 Å². The fraction of sp³-hybridized carbons (Fsp3) is 0.538. The van der Waals surface area contributed by atoms with Crippen LogP contribution in [-0.2, 0) is 0 Å². The minimum Gasteiger partial charge on any atom is -0.493 e. The van der Waals surface area contributed by atoms with E-state index in [1.165, 1.54) is 0 Å². The Kier molecular flexibility index (Phi) is 5.29. The Balaban J connectivity index is 2.78. The standard InChI is InChI=1S/C13H19BrO2/c1-4-9(2)8-16-13-6-5-11(14)7-12(13)10(3)15/h5-7,9-10,15H,4,8H2,1-3H3/t9?,10-/m1/s1. The summed E-state index contributed by atoms with van der Waals surface area (Å²) < 4.78 is 6.68. The first-order chi connectivity index (χ1) is 7.54. The zero-order valence-electron chi connectivity index (χ0n) is 10.0. The molecule has 16 heavy (non-hydrogen) atoms. The summed E-state index contributed by atoms with van der Waals surface area (Å²) >= 11 is 3.39. The van der Waals surface area contributed by atoms with Gasteiger partial charge >= 0.3 is 0 Å². The van der Waals surface area contributed by atoms with Gasteiger partial charge < -0.3 is 9.84 Å². The zero-order valence-corrected chi connectivity index (χ0v) is 11.6. The molecule has 0 aromatic heterocycles. The number of hydrogen-bond acceptors (Lipinski definition) is 2. The fourth-order valence-electron chi connectivity index (χ4n) is 1.33. The van der Waals surface area contributed by atoms with E-state index in [4.69, 9.17) is 4.74 Å². The van der Waals surface area contributed by atoms with Crippen LogP contribution in [0.5, 0.6) is 5.75 Å². The summed E-state index contributed by atoms with van der Waals surface area (Å²) in [6.45, 7) is 6.74. The van der Waals surface area contributed by atoms with Crippen LogP contribution in [0.4, 0.5) is 0 Å². The van der Waals surface area contributed by atoms with Crippen molar-refractivity contribution < 1.29 is 9.84 Å². The predicted molar refractivity (Wildman–Crippen MR) is 69.7 cm³/mol. The largest absolute Gasteiger partial charge is 0.493 e. The van der Waals surface area contributed by atoms with Crippen molar-refractivity contribution in [3.05, 3.63) is 28.2 Å². The van der Waals surface area contributed by atoms with Gasteiger partial charge in [0.25, 0.3) is 0 Å². The molecule has 1 aromatic rings. The number of aliphatic hydroxyl groups excluding tert-OH is 1. The number of benzene rings is 1. The molecule has 0 saturated heterocycles. The Morgan fingerprint density at radius 1 is 1.38 bits per heavy atom. The van der Waals surface area contributed by atoms with Crippen LogP contribution in [0, 0.1) is 5.92 Å². The molecule has 0 aliphatic rings. The normalized spacial score (nSPS) is 14.6. The van der Waals surface area contributed by atoms with E-state index >= 15 is 0 Å². The molecule has 3 heteroatoms. The second-order valence-corrected chi connectivity index (χ2v) is 5.10. The molecule has 0 spiro atoms. The van der Waals surface area contributed by atoms with E-state index in [9.17, 15) is 5.11 Å². The van der Waals surface area contributed by atoms with Crippen molar-refractivity contribution in [1.29, 1.82) is 0 Å². The van der Waals surface area contributed by atoms with Crippen LogP contribution in [0.25, 0.3) is 0 Å². The molecule has 0 fully saturated rings. The summed E-state index contributed by atoms with van der Waals surface area (Å²) in [5, 5.41) is 9.65. The molecule has 0 heterocycles. The number of ether oxygens (including phenoxy) is 1. The van der Waals surface area contributed by atoms with E-state index < -0.39 is 6.10 Å². The van der Waals surface area contributed by atoms with Gasteiger partial charge in [-0.05, 0) is 31.0 Å². The van der Waals surface area contributed by atoms with Crippen LogP contribution < -0.4 is 4.74 Å². The molecular weight excluding hydrogens is 268 g/mol. The summed E-state index contributed by atoms with van der Waals surface area (Å²) in [7, 11) is 0. The molecule has 1 N–H and O–H groups in total. The highest BCUT2D eigenvalue weighted by molar-refractivity contribution is 9.10. The van der Waals surface area contributed by atoms with Crippen LogP contribution in [0.1, 0.15) is 38.9 Å². The highest BCUT2D eigenvalue weighted by atomic mass is 79.9. The van der Waals surface area contributed by atoms with Crippen molar-refractivity contribution in [2.75, 3.05) is 6.61 Å². The Bertz CT molecular complexity index is 337. The quantitative estimate of drug-likeness (QED) is 0.889. The molecule has 0 aliphatic heterocycles. The van der Waals surface area contributed by atoms with Crippen LogP contribution in [-0.4, -0.2) is 11.7 Å². The SMILES string of the molecule is CCC(C)COc1ccc(Br)cc1[C@@H](C)O. The van der Waals surface area contributed by atoms with Gasteiger partial charge in [-0.25, -0.2) is 0 Å². The summed E-state index contributed by atoms with van der Waals surface area (Å²) in [5.74, 6) is 1.31. The topological polar surface area (TPSA) is 29.5 Å². The van der Waals surface area contributed by atoms with E-state index in [0.717, 1.165) is 22.2 Å². The third kappa shape index (κ3) is 3.80. The maximum Gasteiger partial charge on any atom is 0.125 e. The number of halogens is 1. The first-order valence-electron chi connectivity index (χ1n) is 5.64. The van der Waals surface area contributed by atoms with Gasteiger partial charge in [0.05, 0.1) is 12.7 Å². The van der Waals surface area contributed by atoms with E-state index in [1.807, 2.05) is 18.2 Å². The summed E-state index contributed by atoms with van der Waals surface area (Å²) in [6.07, 6.45) is 0.588. The molecule has 2 atom stereocenters. The number of aliphatic hydroxyl groups is 1. The summed E-state index contributed by atoms with van der Waals surface area (Å²) in [4.78, 5) is 0. The van der Waals surface area contributed by atoms with E-state index in [-0.39, 0.29) is 0 Å². The lowest BCUT2D eigenvalue weighted by molar-refractivity contribution is 0.186. The van der Waals surface area contributed by atoms with Crippen LogP contribution in [0.15, 0.2) is 22.7 Å². The molecular formula is C13H19BrO2. The Morgan fingerprint density at radius 2 is 2.06 bits per heavy atom. The van der Waals surface area contributed by atoms with Crippen LogP contribution in [0.3, 0.4) is 0 Å². The van der Waals surface area contributed by atoms with Gasteiger partial charge in [0.15, 0.2) is 0 Å². The number of rotatable bonds is 5. The Labute approximate surface area is 106 Å². The second-order valence-electron chi connectivity index (χ2n) is 4.18. The van der Waals surface area contributed by atoms with Gasteiger partial charge in [0, 0.05) is 10.0 Å². The second kappa shape index (κ2) is 6.26. The van der Waals surface area contributed by atoms with Crippen LogP contribution >= 0.6 is 15.9 Å². The molecule has 0 bridgehead atoms. The van der Waals surface area contributed by atoms with Crippen molar-refractivity contribution in [3.8, 4) is 5.75 Å². The third-order valence-electron chi connectivity index (χ3n) is 2.64. The molecule has 0 aliphatic carbocycles. The highest BCUT2D eigenvalue weighted by Crippen LogP contribution is 2.28. The fourth-order valence-corrected chi connectivity index (χ4v) is 1.71. The van der Waals surface area contributed by atoms with Gasteiger partial charge in [0.2, 0.25) is 0 Å². The van der Waals surface area contributed by atoms with Gasteiger partial charge in [-0.15, -0.1) is 0 Å². The van der Waals surface area contributed by atoms with E-state index in [2.05, 4.69) is 29.8 Å². The average molecular weight is 287 g/mol. The minimum atomic E-state index is -0.510. The molecule has 0 radical (unpaired) electrons. The predicted octanol–water partition coefficient (Wildman–Crippen LogP) is 3.93. The minimum absolute atomic E-state index is 0.510. The van der Waals surface area contributed by atoms with Crippen LogP contribution in [0.2, 0.25) is 0 Å². The smallest absolute Gasteiger partial charge is 0.125 e. The molecule has 0 amide bonds. The van der Waals surface area contributed by atoms with Gasteiger partial charge in [-0.1, -0.05) is 36.2 Å². The van der Waals surface area contributed by atoms with E-state index in [0.29, 0.717) is 12.5 Å². The molecule has 1 unspecified atom stereocenters. The highest BCUT2D eigenvalue weighted by Gasteiger charge is 2.10. The molecule has 2 nitrogen and oxygen atoms in total. The lowest BCUT2D eigenvalue weighted by Crippen LogP contribution is -2.09. The van der Waals surface area contributed by atoms with Crippen molar-refractivity contribution in [2.45, 2.75) is 33.3 Å². The lowest BCUT2D eigenvalue weighted by Gasteiger charge is -2.16. The first-order valence-corrected chi connectivity index (χ1v) is 6.44. The summed E-state index contributed by atoms with van der Waals surface area (Å²) in [6, 6.07) is 5.73. The molecule has 1 rings (SSSR count). The van der Waals surface area contributed by atoms with Crippen molar-refractivity contribution in [2.24, 2.45) is 5.92 Å². The summed E-state index contributed by atoms with van der Waals surface area (Å²) in [5.41, 5.74) is 0.831. The maximum absolute atomic E-state index is 9.65. The first kappa shape index (κ1) is 13.5. The van der Waals surface area contributed by atoms with E-state index in [1.54, 1.807) is 6.92 Å². The van der Waals surface area contributed by atoms with Crippen molar-refractivity contribution in [1.82, 2.24) is 0 Å². The molecule has 90 valence electrons. The lowest BCUT2D eigenvalue weighted by atomic mass is 10.1. The number of hydrogen-bond donors (Lipinski definition) is 1. The Hall–Kier alpha value is -0.540. The van der Waals surface area contributed by atoms with Gasteiger partial charge in [-0.3, -0.25) is 0 Å². The van der Waals surface area contributed by atoms with Gasteiger partial charge in [-0.2, -0.15) is 0 Å². The monoisotopic (exact) mass is 286 g/mol. The average Bonchev–Trinajstić information content (AvgIpc) is 2.26. The maximum atomic E-state index is 9.65. The van der Waals surface area contributed by atoms with Gasteiger partial charge in [0.1, 0.15) is 5.75 Å². The third-order valence-corrected chi connectivity index (χ3v) is 3.14. The zero-order chi connectivity index (χ0) is 12.1. The van der Waals surface area contributed by atoms with Crippen molar-refractivity contribution >= 4 is 15.9 Å². The molecule has 0 saturated carbocycles.